The van der Waals surface area contributed by atoms with Crippen LogP contribution in [-0.2, 0) is 5.54 Å². The van der Waals surface area contributed by atoms with Gasteiger partial charge in [0.1, 0.15) is 0 Å². The molecule has 0 fully saturated rings. The SMILES string of the molecule is CC(C)(N)c1cccc([N+](=O)[O-])c1F. The average Bonchev–Trinajstić information content (AvgIpc) is 2.01. The minimum Gasteiger partial charge on any atom is -0.322 e. The van der Waals surface area contributed by atoms with E-state index in [-0.39, 0.29) is 5.56 Å². The summed E-state index contributed by atoms with van der Waals surface area (Å²) in [6.45, 7) is 3.18. The maximum Gasteiger partial charge on any atom is 0.305 e. The highest BCUT2D eigenvalue weighted by Crippen LogP contribution is 2.26. The summed E-state index contributed by atoms with van der Waals surface area (Å²) in [5.74, 6) is -0.856. The minimum atomic E-state index is -0.921. The predicted molar refractivity (Wildman–Crippen MR) is 50.3 cm³/mol. The monoisotopic (exact) mass is 198 g/mol. The van der Waals surface area contributed by atoms with E-state index < -0.39 is 22.0 Å². The van der Waals surface area contributed by atoms with Crippen molar-refractivity contribution in [3.63, 3.8) is 0 Å². The van der Waals surface area contributed by atoms with Crippen molar-refractivity contribution in [1.82, 2.24) is 0 Å². The summed E-state index contributed by atoms with van der Waals surface area (Å²) in [7, 11) is 0. The number of nitro benzene ring substituents is 1. The Morgan fingerprint density at radius 1 is 1.50 bits per heavy atom. The van der Waals surface area contributed by atoms with Gasteiger partial charge in [0.05, 0.1) is 4.92 Å². The highest BCUT2D eigenvalue weighted by molar-refractivity contribution is 5.39. The van der Waals surface area contributed by atoms with Gasteiger partial charge in [-0.15, -0.1) is 0 Å². The number of hydrogen-bond donors (Lipinski definition) is 1. The van der Waals surface area contributed by atoms with Gasteiger partial charge in [-0.25, -0.2) is 0 Å². The number of rotatable bonds is 2. The van der Waals surface area contributed by atoms with E-state index in [0.29, 0.717) is 0 Å². The molecule has 0 amide bonds. The Morgan fingerprint density at radius 2 is 2.07 bits per heavy atom. The lowest BCUT2D eigenvalue weighted by Gasteiger charge is -2.19. The van der Waals surface area contributed by atoms with Crippen molar-refractivity contribution >= 4 is 5.69 Å². The van der Waals surface area contributed by atoms with Crippen LogP contribution in [0.3, 0.4) is 0 Å². The first-order valence-corrected chi connectivity index (χ1v) is 4.06. The first-order valence-electron chi connectivity index (χ1n) is 4.06. The molecular formula is C9H11FN2O2. The first kappa shape index (κ1) is 10.6. The predicted octanol–water partition coefficient (Wildman–Crippen LogP) is 1.93. The van der Waals surface area contributed by atoms with Crippen LogP contribution in [0.5, 0.6) is 0 Å². The molecular weight excluding hydrogens is 187 g/mol. The Kier molecular flexibility index (Phi) is 2.53. The molecule has 0 aromatic heterocycles. The smallest absolute Gasteiger partial charge is 0.305 e. The van der Waals surface area contributed by atoms with E-state index in [4.69, 9.17) is 5.73 Å². The summed E-state index contributed by atoms with van der Waals surface area (Å²) in [6.07, 6.45) is 0. The van der Waals surface area contributed by atoms with Crippen LogP contribution in [0.2, 0.25) is 0 Å². The zero-order valence-corrected chi connectivity index (χ0v) is 7.95. The third-order valence-corrected chi connectivity index (χ3v) is 1.87. The van der Waals surface area contributed by atoms with Crippen molar-refractivity contribution in [2.75, 3.05) is 0 Å². The second kappa shape index (κ2) is 3.34. The Hall–Kier alpha value is -1.49. The minimum absolute atomic E-state index is 0.145. The molecule has 0 bridgehead atoms. The summed E-state index contributed by atoms with van der Waals surface area (Å²) < 4.78 is 13.5. The van der Waals surface area contributed by atoms with Crippen molar-refractivity contribution < 1.29 is 9.31 Å². The lowest BCUT2D eigenvalue weighted by molar-refractivity contribution is -0.387. The maximum atomic E-state index is 13.5. The van der Waals surface area contributed by atoms with Crippen molar-refractivity contribution in [3.8, 4) is 0 Å². The topological polar surface area (TPSA) is 69.2 Å². The van der Waals surface area contributed by atoms with E-state index >= 15 is 0 Å². The number of nitrogens with zero attached hydrogens (tertiary/aromatic N) is 1. The largest absolute Gasteiger partial charge is 0.322 e. The fraction of sp³-hybridized carbons (Fsp3) is 0.333. The van der Waals surface area contributed by atoms with Gasteiger partial charge in [-0.1, -0.05) is 12.1 Å². The van der Waals surface area contributed by atoms with Crippen molar-refractivity contribution in [2.24, 2.45) is 5.73 Å². The summed E-state index contributed by atoms with van der Waals surface area (Å²) in [5, 5.41) is 10.4. The summed E-state index contributed by atoms with van der Waals surface area (Å²) >= 11 is 0. The standard InChI is InChI=1S/C9H11FN2O2/c1-9(2,11)6-4-3-5-7(8(6)10)12(13)14/h3-5H,11H2,1-2H3. The van der Waals surface area contributed by atoms with Gasteiger partial charge in [0.15, 0.2) is 0 Å². The lowest BCUT2D eigenvalue weighted by atomic mass is 9.94. The first-order chi connectivity index (χ1) is 6.34. The summed E-state index contributed by atoms with van der Waals surface area (Å²) in [4.78, 5) is 9.67. The number of benzene rings is 1. The molecule has 5 heteroatoms. The molecule has 2 N–H and O–H groups in total. The van der Waals surface area contributed by atoms with Gasteiger partial charge in [-0.05, 0) is 13.8 Å². The molecule has 76 valence electrons. The van der Waals surface area contributed by atoms with Crippen molar-refractivity contribution in [2.45, 2.75) is 19.4 Å². The van der Waals surface area contributed by atoms with Crippen LogP contribution in [0.1, 0.15) is 19.4 Å². The van der Waals surface area contributed by atoms with Gasteiger partial charge in [0.2, 0.25) is 5.82 Å². The van der Waals surface area contributed by atoms with Gasteiger partial charge >= 0.3 is 5.69 Å². The maximum absolute atomic E-state index is 13.5. The van der Waals surface area contributed by atoms with E-state index in [1.807, 2.05) is 0 Å². The Bertz CT molecular complexity index is 372. The van der Waals surface area contributed by atoms with Gasteiger partial charge in [-0.2, -0.15) is 4.39 Å². The molecule has 0 radical (unpaired) electrons. The Balaban J connectivity index is 3.35. The fourth-order valence-electron chi connectivity index (χ4n) is 1.16. The fourth-order valence-corrected chi connectivity index (χ4v) is 1.16. The second-order valence-electron chi connectivity index (χ2n) is 3.62. The number of nitro groups is 1. The average molecular weight is 198 g/mol. The van der Waals surface area contributed by atoms with Gasteiger partial charge in [0, 0.05) is 17.2 Å². The normalized spacial score (nSPS) is 11.4. The van der Waals surface area contributed by atoms with E-state index in [9.17, 15) is 14.5 Å². The van der Waals surface area contributed by atoms with Crippen LogP contribution < -0.4 is 5.73 Å². The van der Waals surface area contributed by atoms with Crippen LogP contribution in [0.4, 0.5) is 10.1 Å². The van der Waals surface area contributed by atoms with Crippen LogP contribution in [-0.4, -0.2) is 4.92 Å². The van der Waals surface area contributed by atoms with Gasteiger partial charge in [0.25, 0.3) is 0 Å². The van der Waals surface area contributed by atoms with Gasteiger partial charge < -0.3 is 5.73 Å². The van der Waals surface area contributed by atoms with Crippen LogP contribution in [0, 0.1) is 15.9 Å². The number of nitrogens with two attached hydrogens (primary N) is 1. The highest BCUT2D eigenvalue weighted by atomic mass is 19.1. The van der Waals surface area contributed by atoms with Crippen LogP contribution in [0.15, 0.2) is 18.2 Å². The number of halogens is 1. The molecule has 0 saturated heterocycles. The zero-order valence-electron chi connectivity index (χ0n) is 7.95. The molecule has 0 spiro atoms. The third-order valence-electron chi connectivity index (χ3n) is 1.87. The molecule has 4 nitrogen and oxygen atoms in total. The van der Waals surface area contributed by atoms with E-state index in [1.165, 1.54) is 12.1 Å². The van der Waals surface area contributed by atoms with Gasteiger partial charge in [-0.3, -0.25) is 10.1 Å². The molecule has 0 heterocycles. The molecule has 1 rings (SSSR count). The molecule has 1 aromatic rings. The van der Waals surface area contributed by atoms with Crippen LogP contribution in [0.25, 0.3) is 0 Å². The van der Waals surface area contributed by atoms with E-state index in [1.54, 1.807) is 13.8 Å². The van der Waals surface area contributed by atoms with Crippen molar-refractivity contribution in [3.05, 3.63) is 39.7 Å². The second-order valence-corrected chi connectivity index (χ2v) is 3.62. The Labute approximate surface area is 80.7 Å². The molecule has 0 aliphatic rings. The summed E-state index contributed by atoms with van der Waals surface area (Å²) in [6, 6.07) is 3.98. The lowest BCUT2D eigenvalue weighted by Crippen LogP contribution is -2.30. The molecule has 0 aliphatic heterocycles. The van der Waals surface area contributed by atoms with E-state index in [2.05, 4.69) is 0 Å². The molecule has 0 atom stereocenters. The molecule has 14 heavy (non-hydrogen) atoms. The highest BCUT2D eigenvalue weighted by Gasteiger charge is 2.25. The van der Waals surface area contributed by atoms with Crippen LogP contribution >= 0.6 is 0 Å². The summed E-state index contributed by atoms with van der Waals surface area (Å²) in [5.41, 5.74) is 4.35. The quantitative estimate of drug-likeness (QED) is 0.583. The molecule has 1 aromatic carbocycles. The van der Waals surface area contributed by atoms with E-state index in [0.717, 1.165) is 6.07 Å². The third kappa shape index (κ3) is 1.88. The molecule has 0 aliphatic carbocycles. The number of hydrogen-bond acceptors (Lipinski definition) is 3. The molecule has 0 saturated carbocycles. The Morgan fingerprint density at radius 3 is 2.50 bits per heavy atom. The molecule has 0 unspecified atom stereocenters. The van der Waals surface area contributed by atoms with Crippen molar-refractivity contribution in [1.29, 1.82) is 0 Å². The zero-order chi connectivity index (χ0) is 10.9.